The summed E-state index contributed by atoms with van der Waals surface area (Å²) in [7, 11) is 0. The normalized spacial score (nSPS) is 32.0. The van der Waals surface area contributed by atoms with E-state index < -0.39 is 0 Å². The molecule has 0 amide bonds. The van der Waals surface area contributed by atoms with Gasteiger partial charge in [-0.1, -0.05) is 10.5 Å². The van der Waals surface area contributed by atoms with Crippen molar-refractivity contribution in [3.05, 3.63) is 6.42 Å². The summed E-state index contributed by atoms with van der Waals surface area (Å²) in [5.74, 6) is 2.38. The average molecular weight is 320 g/mol. The molecule has 3 fully saturated rings. The molecule has 83 valence electrons. The van der Waals surface area contributed by atoms with Crippen LogP contribution in [-0.2, 0) is 42.2 Å². The van der Waals surface area contributed by atoms with Gasteiger partial charge in [-0.3, -0.25) is 6.42 Å². The fourth-order valence-electron chi connectivity index (χ4n) is 2.37. The summed E-state index contributed by atoms with van der Waals surface area (Å²) < 4.78 is 11.8. The summed E-state index contributed by atoms with van der Waals surface area (Å²) in [6.45, 7) is 1.56. The van der Waals surface area contributed by atoms with Gasteiger partial charge in [0.2, 0.25) is 0 Å². The van der Waals surface area contributed by atoms with Gasteiger partial charge in [0.25, 0.3) is 0 Å². The number of ether oxygens (including phenoxy) is 2. The van der Waals surface area contributed by atoms with Gasteiger partial charge in [0.1, 0.15) is 5.79 Å². The van der Waals surface area contributed by atoms with Crippen LogP contribution in [0.15, 0.2) is 0 Å². The molecule has 2 spiro atoms. The molecule has 3 aliphatic rings. The fourth-order valence-corrected chi connectivity index (χ4v) is 5.46. The molecule has 2 saturated heterocycles. The second-order valence-corrected chi connectivity index (χ2v) is 7.13. The minimum atomic E-state index is -0.227. The Labute approximate surface area is 125 Å². The van der Waals surface area contributed by atoms with Crippen LogP contribution in [0.5, 0.6) is 0 Å². The molecule has 0 N–H and O–H groups in total. The van der Waals surface area contributed by atoms with Gasteiger partial charge in [0.05, 0.1) is 13.2 Å². The maximum atomic E-state index is 5.71. The first-order chi connectivity index (χ1) is 6.83. The van der Waals surface area contributed by atoms with E-state index in [1.54, 1.807) is 0 Å². The minimum Gasteiger partial charge on any atom is -0.350 e. The van der Waals surface area contributed by atoms with Gasteiger partial charge in [-0.05, 0) is 6.42 Å². The maximum Gasteiger partial charge on any atom is 0.142 e. The van der Waals surface area contributed by atoms with E-state index in [9.17, 15) is 0 Å². The van der Waals surface area contributed by atoms with E-state index in [-0.39, 0.29) is 38.5 Å². The Kier molecular flexibility index (Phi) is 4.52. The largest absolute Gasteiger partial charge is 0.350 e. The summed E-state index contributed by atoms with van der Waals surface area (Å²) in [6, 6.07) is 0. The van der Waals surface area contributed by atoms with E-state index in [4.69, 9.17) is 9.47 Å². The van der Waals surface area contributed by atoms with Gasteiger partial charge in [-0.15, -0.1) is 6.42 Å². The summed E-state index contributed by atoms with van der Waals surface area (Å²) in [5.41, 5.74) is 0. The smallest absolute Gasteiger partial charge is 0.142 e. The molecule has 2 aliphatic heterocycles. The zero-order chi connectivity index (χ0) is 9.49. The second-order valence-electron chi connectivity index (χ2n) is 4.02. The molecule has 0 aromatic rings. The van der Waals surface area contributed by atoms with Crippen molar-refractivity contribution in [3.8, 4) is 0 Å². The standard InChI is InChI=1S/C10H15O2S2.Y/c1-3-10(13-7-8-14-10)4-2-9(1)11-5-6-12-9;/h3H,1-2,4-8H2;/q-1;. The van der Waals surface area contributed by atoms with Crippen molar-refractivity contribution in [2.24, 2.45) is 0 Å². The summed E-state index contributed by atoms with van der Waals surface area (Å²) in [4.78, 5) is 0. The van der Waals surface area contributed by atoms with Crippen LogP contribution >= 0.6 is 23.5 Å². The minimum absolute atomic E-state index is 0. The van der Waals surface area contributed by atoms with Crippen LogP contribution in [0, 0.1) is 6.42 Å². The number of hydrogen-bond acceptors (Lipinski definition) is 4. The van der Waals surface area contributed by atoms with Gasteiger partial charge < -0.3 is 9.47 Å². The third kappa shape index (κ3) is 2.60. The predicted molar refractivity (Wildman–Crippen MR) is 60.4 cm³/mol. The van der Waals surface area contributed by atoms with Gasteiger partial charge >= 0.3 is 0 Å². The second kappa shape index (κ2) is 5.15. The Morgan fingerprint density at radius 3 is 2.20 bits per heavy atom. The Bertz CT molecular complexity index is 189. The van der Waals surface area contributed by atoms with Gasteiger partial charge in [-0.25, -0.2) is 0 Å². The molecule has 0 aromatic carbocycles. The molecule has 0 bridgehead atoms. The SMILES string of the molecule is [CH-]1CC2(CCC13SCCS3)OCCO2.[Y]. The molecular formula is C10H15O2S2Y-. The summed E-state index contributed by atoms with van der Waals surface area (Å²) >= 11 is 4.21. The van der Waals surface area contributed by atoms with Crippen molar-refractivity contribution < 1.29 is 42.2 Å². The third-order valence-electron chi connectivity index (χ3n) is 3.17. The Morgan fingerprint density at radius 2 is 1.67 bits per heavy atom. The first-order valence-corrected chi connectivity index (χ1v) is 7.20. The van der Waals surface area contributed by atoms with Crippen LogP contribution in [0.3, 0.4) is 0 Å². The molecule has 0 aromatic heterocycles. The first kappa shape index (κ1) is 13.2. The molecule has 2 nitrogen and oxygen atoms in total. The van der Waals surface area contributed by atoms with Crippen molar-refractivity contribution in [1.29, 1.82) is 0 Å². The quantitative estimate of drug-likeness (QED) is 0.637. The molecule has 1 radical (unpaired) electrons. The molecule has 1 aliphatic carbocycles. The molecule has 0 atom stereocenters. The van der Waals surface area contributed by atoms with Crippen LogP contribution in [0.25, 0.3) is 0 Å². The topological polar surface area (TPSA) is 18.5 Å². The van der Waals surface area contributed by atoms with E-state index in [2.05, 4.69) is 29.9 Å². The van der Waals surface area contributed by atoms with E-state index in [1.807, 2.05) is 0 Å². The molecule has 5 heteroatoms. The Hall–Kier alpha value is 1.72. The fraction of sp³-hybridized carbons (Fsp3) is 0.900. The summed E-state index contributed by atoms with van der Waals surface area (Å²) in [6.07, 6.45) is 5.70. The Balaban J connectivity index is 0.000000853. The zero-order valence-corrected chi connectivity index (χ0v) is 13.2. The van der Waals surface area contributed by atoms with Crippen molar-refractivity contribution in [2.45, 2.75) is 29.1 Å². The van der Waals surface area contributed by atoms with Crippen molar-refractivity contribution in [1.82, 2.24) is 0 Å². The van der Waals surface area contributed by atoms with E-state index in [0.717, 1.165) is 26.1 Å². The molecular weight excluding hydrogens is 305 g/mol. The number of hydrogen-bond donors (Lipinski definition) is 0. The van der Waals surface area contributed by atoms with Crippen LogP contribution in [0.2, 0.25) is 0 Å². The van der Waals surface area contributed by atoms with Crippen LogP contribution in [0.1, 0.15) is 19.3 Å². The van der Waals surface area contributed by atoms with Gasteiger partial charge in [-0.2, -0.15) is 23.5 Å². The van der Waals surface area contributed by atoms with Crippen LogP contribution < -0.4 is 0 Å². The van der Waals surface area contributed by atoms with E-state index in [1.165, 1.54) is 17.9 Å². The van der Waals surface area contributed by atoms with Crippen molar-refractivity contribution in [2.75, 3.05) is 24.7 Å². The number of thioether (sulfide) groups is 2. The molecule has 15 heavy (non-hydrogen) atoms. The average Bonchev–Trinajstić information content (AvgIpc) is 2.81. The van der Waals surface area contributed by atoms with Crippen molar-refractivity contribution >= 4 is 23.5 Å². The molecule has 2 heterocycles. The summed E-state index contributed by atoms with van der Waals surface area (Å²) in [5, 5.41) is 0. The van der Waals surface area contributed by atoms with Crippen molar-refractivity contribution in [3.63, 3.8) is 0 Å². The van der Waals surface area contributed by atoms with Gasteiger partial charge in [0, 0.05) is 44.2 Å². The first-order valence-electron chi connectivity index (χ1n) is 5.23. The maximum absolute atomic E-state index is 5.71. The number of rotatable bonds is 0. The predicted octanol–water partition coefficient (Wildman–Crippen LogP) is 2.29. The molecule has 0 unspecified atom stereocenters. The van der Waals surface area contributed by atoms with E-state index in [0.29, 0.717) is 4.08 Å². The van der Waals surface area contributed by atoms with Gasteiger partial charge in [0.15, 0.2) is 0 Å². The molecule has 3 rings (SSSR count). The zero-order valence-electron chi connectivity index (χ0n) is 8.74. The molecule has 1 saturated carbocycles. The van der Waals surface area contributed by atoms with E-state index >= 15 is 0 Å². The van der Waals surface area contributed by atoms with Crippen LogP contribution in [0.4, 0.5) is 0 Å². The monoisotopic (exact) mass is 320 g/mol. The van der Waals surface area contributed by atoms with Crippen LogP contribution in [-0.4, -0.2) is 34.6 Å². The Morgan fingerprint density at radius 1 is 1.00 bits per heavy atom. The third-order valence-corrected chi connectivity index (χ3v) is 6.67.